The number of benzene rings is 1. The molecule has 2 heterocycles. The van der Waals surface area contributed by atoms with Gasteiger partial charge in [-0.3, -0.25) is 9.36 Å². The highest BCUT2D eigenvalue weighted by Gasteiger charge is 2.43. The zero-order chi connectivity index (χ0) is 25.4. The van der Waals surface area contributed by atoms with Gasteiger partial charge in [0.2, 0.25) is 5.91 Å². The number of thioether (sulfide) groups is 1. The second kappa shape index (κ2) is 10.3. The number of nitrogens with zero attached hydrogens (tertiary/aromatic N) is 4. The SMILES string of the molecule is CC(C1CC2CCC1C2)n1c(COc2ccccc2F)nnc1SCC(=O)N(C)C1CCS(=O)(=O)C1. The normalized spacial score (nSPS) is 27.3. The average molecular weight is 537 g/mol. The molecule has 2 saturated carbocycles. The predicted octanol–water partition coefficient (Wildman–Crippen LogP) is 3.73. The van der Waals surface area contributed by atoms with Crippen LogP contribution in [0.4, 0.5) is 4.39 Å². The molecular formula is C25H33FN4O4S2. The number of hydrogen-bond donors (Lipinski definition) is 0. The first-order chi connectivity index (χ1) is 17.2. The molecule has 3 fully saturated rings. The summed E-state index contributed by atoms with van der Waals surface area (Å²) in [6.07, 6.45) is 5.48. The molecule has 11 heteroatoms. The lowest BCUT2D eigenvalue weighted by Gasteiger charge is -2.30. The molecule has 36 heavy (non-hydrogen) atoms. The summed E-state index contributed by atoms with van der Waals surface area (Å²) in [7, 11) is -1.40. The van der Waals surface area contributed by atoms with Gasteiger partial charge in [0, 0.05) is 19.1 Å². The van der Waals surface area contributed by atoms with E-state index in [1.165, 1.54) is 43.5 Å². The predicted molar refractivity (Wildman–Crippen MR) is 135 cm³/mol. The van der Waals surface area contributed by atoms with Crippen molar-refractivity contribution in [3.8, 4) is 5.75 Å². The van der Waals surface area contributed by atoms with Gasteiger partial charge in [-0.1, -0.05) is 30.3 Å². The maximum Gasteiger partial charge on any atom is 0.233 e. The summed E-state index contributed by atoms with van der Waals surface area (Å²) >= 11 is 1.31. The topological polar surface area (TPSA) is 94.4 Å². The number of ether oxygens (including phenoxy) is 1. The first kappa shape index (κ1) is 25.5. The molecule has 1 aliphatic heterocycles. The molecule has 0 N–H and O–H groups in total. The first-order valence-corrected chi connectivity index (χ1v) is 15.4. The lowest BCUT2D eigenvalue weighted by Crippen LogP contribution is -2.38. The van der Waals surface area contributed by atoms with Gasteiger partial charge in [0.05, 0.1) is 17.3 Å². The third kappa shape index (κ3) is 5.27. The van der Waals surface area contributed by atoms with Gasteiger partial charge in [0.1, 0.15) is 6.61 Å². The zero-order valence-electron chi connectivity index (χ0n) is 20.7. The lowest BCUT2D eigenvalue weighted by atomic mass is 9.84. The van der Waals surface area contributed by atoms with E-state index in [1.807, 2.05) is 0 Å². The maximum atomic E-state index is 14.1. The summed E-state index contributed by atoms with van der Waals surface area (Å²) in [4.78, 5) is 14.5. The molecule has 5 unspecified atom stereocenters. The molecule has 2 bridgehead atoms. The second-order valence-electron chi connectivity index (χ2n) is 10.4. The monoisotopic (exact) mass is 536 g/mol. The van der Waals surface area contributed by atoms with E-state index in [2.05, 4.69) is 21.7 Å². The standard InChI is InChI=1S/C25H33FN4O4S2/c1-16(20-12-17-7-8-18(20)11-17)30-23(13-34-22-6-4-3-5-21(22)26)27-28-25(30)35-14-24(31)29(2)19-9-10-36(32,33)15-19/h3-6,16-20H,7-15H2,1-2H3. The van der Waals surface area contributed by atoms with E-state index >= 15 is 0 Å². The molecule has 1 saturated heterocycles. The summed E-state index contributed by atoms with van der Waals surface area (Å²) < 4.78 is 45.6. The molecule has 196 valence electrons. The van der Waals surface area contributed by atoms with Crippen LogP contribution in [0.2, 0.25) is 0 Å². The van der Waals surface area contributed by atoms with Crippen LogP contribution in [-0.4, -0.2) is 64.3 Å². The molecule has 0 spiro atoms. The Kier molecular flexibility index (Phi) is 7.31. The third-order valence-electron chi connectivity index (χ3n) is 8.22. The fraction of sp³-hybridized carbons (Fsp3) is 0.640. The van der Waals surface area contributed by atoms with Crippen LogP contribution in [-0.2, 0) is 21.2 Å². The highest BCUT2D eigenvalue weighted by atomic mass is 32.2. The van der Waals surface area contributed by atoms with Gasteiger partial charge in [-0.2, -0.15) is 0 Å². The van der Waals surface area contributed by atoms with Crippen LogP contribution < -0.4 is 4.74 Å². The number of sulfone groups is 1. The van der Waals surface area contributed by atoms with Gasteiger partial charge in [-0.25, -0.2) is 12.8 Å². The van der Waals surface area contributed by atoms with Gasteiger partial charge in [0.15, 0.2) is 32.4 Å². The van der Waals surface area contributed by atoms with Gasteiger partial charge in [0.25, 0.3) is 0 Å². The number of para-hydroxylation sites is 1. The third-order valence-corrected chi connectivity index (χ3v) is 10.9. The van der Waals surface area contributed by atoms with Crippen molar-refractivity contribution in [1.29, 1.82) is 0 Å². The Morgan fingerprint density at radius 1 is 1.25 bits per heavy atom. The van der Waals surface area contributed by atoms with Crippen molar-refractivity contribution in [2.24, 2.45) is 17.8 Å². The zero-order valence-corrected chi connectivity index (χ0v) is 22.3. The van der Waals surface area contributed by atoms with Crippen LogP contribution in [0.1, 0.15) is 50.9 Å². The number of carbonyl (C=O) groups excluding carboxylic acids is 1. The number of fused-ring (bicyclic) bond motifs is 2. The van der Waals surface area contributed by atoms with Crippen molar-refractivity contribution in [1.82, 2.24) is 19.7 Å². The number of carbonyl (C=O) groups is 1. The second-order valence-corrected chi connectivity index (χ2v) is 13.6. The van der Waals surface area contributed by atoms with Crippen LogP contribution in [0.3, 0.4) is 0 Å². The number of amides is 1. The Morgan fingerprint density at radius 3 is 2.72 bits per heavy atom. The van der Waals surface area contributed by atoms with Gasteiger partial charge in [-0.05, 0) is 62.5 Å². The Labute approximate surface area is 215 Å². The molecule has 2 aromatic rings. The number of rotatable bonds is 9. The summed E-state index contributed by atoms with van der Waals surface area (Å²) in [6, 6.07) is 6.13. The molecule has 8 nitrogen and oxygen atoms in total. The van der Waals surface area contributed by atoms with Gasteiger partial charge in [-0.15, -0.1) is 10.2 Å². The van der Waals surface area contributed by atoms with E-state index in [4.69, 9.17) is 4.74 Å². The summed E-state index contributed by atoms with van der Waals surface area (Å²) in [5, 5.41) is 9.41. The number of aromatic nitrogens is 3. The average Bonchev–Trinajstić information content (AvgIpc) is 3.65. The Morgan fingerprint density at radius 2 is 2.06 bits per heavy atom. The highest BCUT2D eigenvalue weighted by Crippen LogP contribution is 2.52. The van der Waals surface area contributed by atoms with Crippen LogP contribution in [0.15, 0.2) is 29.4 Å². The van der Waals surface area contributed by atoms with E-state index in [1.54, 1.807) is 30.1 Å². The van der Waals surface area contributed by atoms with Crippen LogP contribution >= 0.6 is 11.8 Å². The van der Waals surface area contributed by atoms with Crippen LogP contribution in [0.25, 0.3) is 0 Å². The first-order valence-electron chi connectivity index (χ1n) is 12.6. The van der Waals surface area contributed by atoms with Crippen molar-refractivity contribution >= 4 is 27.5 Å². The van der Waals surface area contributed by atoms with Crippen LogP contribution in [0, 0.1) is 23.6 Å². The van der Waals surface area contributed by atoms with E-state index in [0.29, 0.717) is 29.2 Å². The van der Waals surface area contributed by atoms with E-state index in [9.17, 15) is 17.6 Å². The van der Waals surface area contributed by atoms with Crippen molar-refractivity contribution in [2.45, 2.75) is 62.9 Å². The minimum atomic E-state index is -3.07. The van der Waals surface area contributed by atoms with Crippen molar-refractivity contribution < 1.29 is 22.3 Å². The van der Waals surface area contributed by atoms with E-state index in [0.717, 1.165) is 5.92 Å². The van der Waals surface area contributed by atoms with Crippen molar-refractivity contribution in [3.05, 3.63) is 35.9 Å². The largest absolute Gasteiger partial charge is 0.483 e. The maximum absolute atomic E-state index is 14.1. The van der Waals surface area contributed by atoms with Crippen molar-refractivity contribution in [3.63, 3.8) is 0 Å². The molecule has 1 aromatic carbocycles. The molecule has 5 atom stereocenters. The Balaban J connectivity index is 1.32. The summed E-state index contributed by atoms with van der Waals surface area (Å²) in [5.74, 6) is 2.48. The minimum absolute atomic E-state index is 0.0227. The van der Waals surface area contributed by atoms with Gasteiger partial charge < -0.3 is 9.64 Å². The number of halogens is 1. The fourth-order valence-electron chi connectivity index (χ4n) is 6.21. The van der Waals surface area contributed by atoms with Crippen LogP contribution in [0.5, 0.6) is 5.75 Å². The van der Waals surface area contributed by atoms with Crippen molar-refractivity contribution in [2.75, 3.05) is 24.3 Å². The molecule has 3 aliphatic rings. The molecule has 2 aliphatic carbocycles. The Bertz CT molecular complexity index is 1220. The highest BCUT2D eigenvalue weighted by molar-refractivity contribution is 7.99. The molecular weight excluding hydrogens is 503 g/mol. The minimum Gasteiger partial charge on any atom is -0.483 e. The quantitative estimate of drug-likeness (QED) is 0.451. The smallest absolute Gasteiger partial charge is 0.233 e. The Hall–Kier alpha value is -2.14. The molecule has 0 radical (unpaired) electrons. The summed E-state index contributed by atoms with van der Waals surface area (Å²) in [6.45, 7) is 2.26. The van der Waals surface area contributed by atoms with Gasteiger partial charge >= 0.3 is 0 Å². The van der Waals surface area contributed by atoms with E-state index in [-0.39, 0.29) is 47.6 Å². The number of hydrogen-bond acceptors (Lipinski definition) is 7. The molecule has 5 rings (SSSR count). The summed E-state index contributed by atoms with van der Waals surface area (Å²) in [5.41, 5.74) is 0. The van der Waals surface area contributed by atoms with E-state index < -0.39 is 15.7 Å². The molecule has 1 aromatic heterocycles. The molecule has 1 amide bonds. The fourth-order valence-corrected chi connectivity index (χ4v) is 8.95. The lowest BCUT2D eigenvalue weighted by molar-refractivity contribution is -0.128.